The topological polar surface area (TPSA) is 79.5 Å². The van der Waals surface area contributed by atoms with Gasteiger partial charge in [-0.1, -0.05) is 29.4 Å². The Hall–Kier alpha value is -3.06. The van der Waals surface area contributed by atoms with Crippen molar-refractivity contribution in [2.75, 3.05) is 6.54 Å². The van der Waals surface area contributed by atoms with Crippen molar-refractivity contribution in [1.82, 2.24) is 15.0 Å². The first-order chi connectivity index (χ1) is 14.1. The predicted molar refractivity (Wildman–Crippen MR) is 103 cm³/mol. The van der Waals surface area contributed by atoms with E-state index < -0.39 is 6.10 Å². The maximum atomic E-state index is 13.3. The molecule has 2 atom stereocenters. The molecular formula is C22H20FN3O3. The molecule has 1 aliphatic carbocycles. The number of benzene rings is 2. The van der Waals surface area contributed by atoms with Gasteiger partial charge in [-0.25, -0.2) is 4.39 Å². The fraction of sp³-hybridized carbons (Fsp3) is 0.318. The van der Waals surface area contributed by atoms with E-state index in [2.05, 4.69) is 10.1 Å². The van der Waals surface area contributed by atoms with Gasteiger partial charge in [0.05, 0.1) is 12.1 Å². The van der Waals surface area contributed by atoms with Crippen LogP contribution in [0, 0.1) is 5.82 Å². The van der Waals surface area contributed by atoms with Crippen LogP contribution < -0.4 is 0 Å². The third-order valence-corrected chi connectivity index (χ3v) is 5.53. The smallest absolute Gasteiger partial charge is 0.254 e. The zero-order valence-electron chi connectivity index (χ0n) is 15.7. The summed E-state index contributed by atoms with van der Waals surface area (Å²) in [5.74, 6) is 0.963. The molecule has 7 heteroatoms. The van der Waals surface area contributed by atoms with Gasteiger partial charge in [0.2, 0.25) is 11.7 Å². The highest BCUT2D eigenvalue weighted by molar-refractivity contribution is 5.95. The maximum absolute atomic E-state index is 13.3. The van der Waals surface area contributed by atoms with E-state index in [9.17, 15) is 14.3 Å². The van der Waals surface area contributed by atoms with Gasteiger partial charge in [0.1, 0.15) is 5.82 Å². The molecule has 148 valence electrons. The number of aromatic nitrogens is 2. The van der Waals surface area contributed by atoms with Crippen molar-refractivity contribution in [2.24, 2.45) is 0 Å². The molecule has 1 saturated carbocycles. The number of likely N-dealkylation sites (tertiary alicyclic amines) is 1. The first-order valence-electron chi connectivity index (χ1n) is 9.77. The van der Waals surface area contributed by atoms with Gasteiger partial charge < -0.3 is 14.5 Å². The van der Waals surface area contributed by atoms with E-state index in [1.54, 1.807) is 35.2 Å². The number of nitrogens with zero attached hydrogens (tertiary/aromatic N) is 3. The minimum Gasteiger partial charge on any atom is -0.391 e. The van der Waals surface area contributed by atoms with Gasteiger partial charge >= 0.3 is 0 Å². The van der Waals surface area contributed by atoms with E-state index in [4.69, 9.17) is 4.52 Å². The highest BCUT2D eigenvalue weighted by atomic mass is 19.1. The van der Waals surface area contributed by atoms with Crippen molar-refractivity contribution >= 4 is 5.91 Å². The standard InChI is InChI=1S/C22H20FN3O3/c23-17-8-6-13(7-9-17)19-11-18(27)12-26(19)22(28)16-3-1-2-15(10-16)20-24-21(29-25-20)14-4-5-14/h1-3,6-10,14,18-19,27H,4-5,11-12H2/t18-,19+/m0/s1. The average Bonchev–Trinajstić information content (AvgIpc) is 3.33. The van der Waals surface area contributed by atoms with Crippen molar-refractivity contribution in [1.29, 1.82) is 0 Å². The number of carbonyl (C=O) groups excluding carboxylic acids is 1. The summed E-state index contributed by atoms with van der Waals surface area (Å²) >= 11 is 0. The molecule has 2 fully saturated rings. The molecule has 1 saturated heterocycles. The number of hydrogen-bond acceptors (Lipinski definition) is 5. The molecule has 0 spiro atoms. The van der Waals surface area contributed by atoms with Gasteiger partial charge in [-0.05, 0) is 49.1 Å². The molecule has 1 amide bonds. The zero-order chi connectivity index (χ0) is 20.0. The molecular weight excluding hydrogens is 373 g/mol. The Morgan fingerprint density at radius 2 is 1.97 bits per heavy atom. The Balaban J connectivity index is 1.42. The summed E-state index contributed by atoms with van der Waals surface area (Å²) < 4.78 is 18.6. The van der Waals surface area contributed by atoms with Crippen LogP contribution in [-0.4, -0.2) is 38.7 Å². The van der Waals surface area contributed by atoms with Gasteiger partial charge in [-0.2, -0.15) is 4.98 Å². The number of aliphatic hydroxyl groups is 1. The first-order valence-corrected chi connectivity index (χ1v) is 9.77. The quantitative estimate of drug-likeness (QED) is 0.731. The molecule has 1 aliphatic heterocycles. The lowest BCUT2D eigenvalue weighted by atomic mass is 10.0. The summed E-state index contributed by atoms with van der Waals surface area (Å²) in [4.78, 5) is 19.3. The monoisotopic (exact) mass is 393 g/mol. The molecule has 3 aromatic rings. The van der Waals surface area contributed by atoms with E-state index in [0.717, 1.165) is 18.4 Å². The Morgan fingerprint density at radius 3 is 2.72 bits per heavy atom. The number of aliphatic hydroxyl groups excluding tert-OH is 1. The van der Waals surface area contributed by atoms with Crippen LogP contribution in [0.15, 0.2) is 53.1 Å². The molecule has 2 aromatic carbocycles. The van der Waals surface area contributed by atoms with Crippen molar-refractivity contribution in [2.45, 2.75) is 37.3 Å². The number of carbonyl (C=O) groups is 1. The largest absolute Gasteiger partial charge is 0.391 e. The molecule has 0 radical (unpaired) electrons. The predicted octanol–water partition coefficient (Wildman–Crippen LogP) is 3.70. The van der Waals surface area contributed by atoms with Crippen molar-refractivity contribution in [3.05, 3.63) is 71.4 Å². The Labute approximate surface area is 167 Å². The van der Waals surface area contributed by atoms with Crippen molar-refractivity contribution in [3.63, 3.8) is 0 Å². The van der Waals surface area contributed by atoms with Crippen LogP contribution in [-0.2, 0) is 0 Å². The molecule has 0 bridgehead atoms. The summed E-state index contributed by atoms with van der Waals surface area (Å²) in [6.07, 6.45) is 1.95. The van der Waals surface area contributed by atoms with E-state index in [1.807, 2.05) is 6.07 Å². The Kier molecular flexibility index (Phi) is 4.39. The zero-order valence-corrected chi connectivity index (χ0v) is 15.7. The van der Waals surface area contributed by atoms with Crippen LogP contribution in [0.2, 0.25) is 0 Å². The molecule has 2 heterocycles. The molecule has 1 aromatic heterocycles. The third-order valence-electron chi connectivity index (χ3n) is 5.53. The van der Waals surface area contributed by atoms with Gasteiger partial charge in [0.25, 0.3) is 5.91 Å². The molecule has 1 N–H and O–H groups in total. The summed E-state index contributed by atoms with van der Waals surface area (Å²) in [7, 11) is 0. The van der Waals surface area contributed by atoms with Crippen LogP contribution >= 0.6 is 0 Å². The lowest BCUT2D eigenvalue weighted by Crippen LogP contribution is -2.31. The highest BCUT2D eigenvalue weighted by Crippen LogP contribution is 2.39. The van der Waals surface area contributed by atoms with E-state index >= 15 is 0 Å². The fourth-order valence-electron chi connectivity index (χ4n) is 3.84. The van der Waals surface area contributed by atoms with Crippen molar-refractivity contribution < 1.29 is 18.8 Å². The summed E-state index contributed by atoms with van der Waals surface area (Å²) in [5.41, 5.74) is 2.01. The van der Waals surface area contributed by atoms with Gasteiger partial charge in [0, 0.05) is 23.6 Å². The van der Waals surface area contributed by atoms with Crippen LogP contribution in [0.1, 0.15) is 53.0 Å². The molecule has 6 nitrogen and oxygen atoms in total. The molecule has 2 aliphatic rings. The minimum absolute atomic E-state index is 0.191. The molecule has 5 rings (SSSR count). The molecule has 29 heavy (non-hydrogen) atoms. The number of halogens is 1. The van der Waals surface area contributed by atoms with E-state index in [0.29, 0.717) is 35.2 Å². The van der Waals surface area contributed by atoms with Crippen LogP contribution in [0.4, 0.5) is 4.39 Å². The van der Waals surface area contributed by atoms with E-state index in [-0.39, 0.29) is 24.3 Å². The second kappa shape index (κ2) is 7.08. The summed E-state index contributed by atoms with van der Waals surface area (Å²) in [5, 5.41) is 14.2. The highest BCUT2D eigenvalue weighted by Gasteiger charge is 2.36. The normalized spacial score (nSPS) is 21.5. The average molecular weight is 393 g/mol. The summed E-state index contributed by atoms with van der Waals surface area (Å²) in [6.45, 7) is 0.235. The van der Waals surface area contributed by atoms with Crippen LogP contribution in [0.25, 0.3) is 11.4 Å². The Morgan fingerprint density at radius 1 is 1.17 bits per heavy atom. The Bertz CT molecular complexity index is 1050. The van der Waals surface area contributed by atoms with Crippen molar-refractivity contribution in [3.8, 4) is 11.4 Å². The minimum atomic E-state index is -0.615. The maximum Gasteiger partial charge on any atom is 0.254 e. The first kappa shape index (κ1) is 18.0. The number of β-amino-alcohol motifs (C(OH)–C–C–N with tert-alkyl or cyclic N) is 1. The summed E-state index contributed by atoms with van der Waals surface area (Å²) in [6, 6.07) is 12.9. The van der Waals surface area contributed by atoms with Crippen LogP contribution in [0.3, 0.4) is 0 Å². The number of rotatable bonds is 4. The fourth-order valence-corrected chi connectivity index (χ4v) is 3.84. The number of hydrogen-bond donors (Lipinski definition) is 1. The second-order valence-corrected chi connectivity index (χ2v) is 7.73. The van der Waals surface area contributed by atoms with Gasteiger partial charge in [0.15, 0.2) is 0 Å². The van der Waals surface area contributed by atoms with Crippen LogP contribution in [0.5, 0.6) is 0 Å². The molecule has 0 unspecified atom stereocenters. The lowest BCUT2D eigenvalue weighted by molar-refractivity contribution is 0.0716. The lowest BCUT2D eigenvalue weighted by Gasteiger charge is -2.25. The van der Waals surface area contributed by atoms with E-state index in [1.165, 1.54) is 12.1 Å². The third kappa shape index (κ3) is 3.53. The van der Waals surface area contributed by atoms with Gasteiger partial charge in [-0.3, -0.25) is 4.79 Å². The second-order valence-electron chi connectivity index (χ2n) is 7.73. The van der Waals surface area contributed by atoms with Gasteiger partial charge in [-0.15, -0.1) is 0 Å². The number of amides is 1. The SMILES string of the molecule is O=C(c1cccc(-c2noc(C3CC3)n2)c1)N1C[C@@H](O)C[C@@H]1c1ccc(F)cc1.